The fraction of sp³-hybridized carbons (Fsp3) is 0.0714. The van der Waals surface area contributed by atoms with E-state index < -0.39 is 5.97 Å². The summed E-state index contributed by atoms with van der Waals surface area (Å²) in [5.41, 5.74) is 1.66. The Kier molecular flexibility index (Phi) is 3.04. The molecular formula is C14H12N4O2. The van der Waals surface area contributed by atoms with E-state index in [4.69, 9.17) is 0 Å². The van der Waals surface area contributed by atoms with Crippen LogP contribution >= 0.6 is 0 Å². The van der Waals surface area contributed by atoms with Gasteiger partial charge in [0.05, 0.1) is 29.8 Å². The summed E-state index contributed by atoms with van der Waals surface area (Å²) in [6.07, 6.45) is 6.98. The minimum absolute atomic E-state index is 0.246. The van der Waals surface area contributed by atoms with Gasteiger partial charge in [-0.1, -0.05) is 12.1 Å². The van der Waals surface area contributed by atoms with Gasteiger partial charge in [-0.3, -0.25) is 4.68 Å². The zero-order valence-electron chi connectivity index (χ0n) is 10.5. The summed E-state index contributed by atoms with van der Waals surface area (Å²) in [5.74, 6) is -0.956. The minimum atomic E-state index is -0.956. The van der Waals surface area contributed by atoms with Crippen molar-refractivity contribution in [2.24, 2.45) is 0 Å². The van der Waals surface area contributed by atoms with Gasteiger partial charge in [-0.25, -0.2) is 9.78 Å². The third kappa shape index (κ3) is 2.31. The Hall–Kier alpha value is -2.89. The number of imidazole rings is 1. The van der Waals surface area contributed by atoms with Crippen LogP contribution in [0, 0.1) is 0 Å². The topological polar surface area (TPSA) is 72.9 Å². The number of carboxylic acids is 1. The third-order valence-corrected chi connectivity index (χ3v) is 2.93. The highest BCUT2D eigenvalue weighted by atomic mass is 16.4. The van der Waals surface area contributed by atoms with Gasteiger partial charge in [-0.2, -0.15) is 5.10 Å². The van der Waals surface area contributed by atoms with Gasteiger partial charge in [0.1, 0.15) is 0 Å². The zero-order chi connectivity index (χ0) is 13.9. The van der Waals surface area contributed by atoms with E-state index in [1.807, 2.05) is 18.5 Å². The van der Waals surface area contributed by atoms with Crippen LogP contribution in [0.4, 0.5) is 0 Å². The Balaban J connectivity index is 1.92. The molecule has 0 spiro atoms. The lowest BCUT2D eigenvalue weighted by Gasteiger charge is -2.05. The maximum Gasteiger partial charge on any atom is 0.337 e. The number of aromatic nitrogens is 4. The zero-order valence-corrected chi connectivity index (χ0v) is 10.5. The lowest BCUT2D eigenvalue weighted by Crippen LogP contribution is -2.04. The normalized spacial score (nSPS) is 10.6. The number of nitrogens with zero attached hydrogens (tertiary/aromatic N) is 4. The quantitative estimate of drug-likeness (QED) is 0.783. The van der Waals surface area contributed by atoms with Crippen LogP contribution in [0.25, 0.3) is 5.69 Å². The molecule has 1 N–H and O–H groups in total. The molecule has 0 unspecified atom stereocenters. The highest BCUT2D eigenvalue weighted by Gasteiger charge is 2.11. The Morgan fingerprint density at radius 1 is 1.25 bits per heavy atom. The Labute approximate surface area is 114 Å². The standard InChI is InChI=1S/C14H12N4O2/c19-14(20)12-4-1-2-5-13(12)17-8-11(15-10-17)9-18-7-3-6-16-18/h1-8,10H,9H2,(H,19,20). The number of carboxylic acid groups (broad SMARTS) is 1. The second kappa shape index (κ2) is 5.00. The van der Waals surface area contributed by atoms with Crippen molar-refractivity contribution in [1.82, 2.24) is 19.3 Å². The van der Waals surface area contributed by atoms with Crippen LogP contribution in [0.1, 0.15) is 16.1 Å². The molecule has 0 bridgehead atoms. The van der Waals surface area contributed by atoms with E-state index in [0.717, 1.165) is 5.69 Å². The molecule has 2 heterocycles. The summed E-state index contributed by atoms with van der Waals surface area (Å²) >= 11 is 0. The van der Waals surface area contributed by atoms with Crippen molar-refractivity contribution in [3.05, 3.63) is 66.5 Å². The van der Waals surface area contributed by atoms with E-state index in [1.165, 1.54) is 0 Å². The molecule has 0 amide bonds. The number of rotatable bonds is 4. The number of para-hydroxylation sites is 1. The average Bonchev–Trinajstić information content (AvgIpc) is 3.11. The van der Waals surface area contributed by atoms with Gasteiger partial charge in [-0.05, 0) is 18.2 Å². The van der Waals surface area contributed by atoms with Crippen LogP contribution in [0.15, 0.2) is 55.2 Å². The molecule has 6 nitrogen and oxygen atoms in total. The predicted octanol–water partition coefficient (Wildman–Crippen LogP) is 1.82. The van der Waals surface area contributed by atoms with Gasteiger partial charge in [0.15, 0.2) is 0 Å². The molecule has 3 rings (SSSR count). The lowest BCUT2D eigenvalue weighted by molar-refractivity contribution is 0.0697. The summed E-state index contributed by atoms with van der Waals surface area (Å²) in [6.45, 7) is 0.551. The van der Waals surface area contributed by atoms with Crippen LogP contribution in [-0.2, 0) is 6.54 Å². The van der Waals surface area contributed by atoms with Crippen LogP contribution in [-0.4, -0.2) is 30.4 Å². The van der Waals surface area contributed by atoms with Crippen molar-refractivity contribution in [2.45, 2.75) is 6.54 Å². The Morgan fingerprint density at radius 3 is 2.85 bits per heavy atom. The van der Waals surface area contributed by atoms with E-state index >= 15 is 0 Å². The molecule has 0 aliphatic carbocycles. The van der Waals surface area contributed by atoms with Gasteiger partial charge in [0, 0.05) is 18.6 Å². The molecular weight excluding hydrogens is 256 g/mol. The van der Waals surface area contributed by atoms with Crippen molar-refractivity contribution >= 4 is 5.97 Å². The number of benzene rings is 1. The molecule has 2 aromatic heterocycles. The first-order valence-corrected chi connectivity index (χ1v) is 6.07. The number of aromatic carboxylic acids is 1. The Morgan fingerprint density at radius 2 is 2.10 bits per heavy atom. The van der Waals surface area contributed by atoms with Crippen LogP contribution < -0.4 is 0 Å². The molecule has 0 saturated carbocycles. The van der Waals surface area contributed by atoms with E-state index in [2.05, 4.69) is 10.1 Å². The van der Waals surface area contributed by atoms with Crippen molar-refractivity contribution in [3.8, 4) is 5.69 Å². The van der Waals surface area contributed by atoms with Gasteiger partial charge >= 0.3 is 5.97 Å². The van der Waals surface area contributed by atoms with E-state index in [0.29, 0.717) is 12.2 Å². The van der Waals surface area contributed by atoms with Crippen molar-refractivity contribution in [3.63, 3.8) is 0 Å². The van der Waals surface area contributed by atoms with Crippen molar-refractivity contribution in [1.29, 1.82) is 0 Å². The molecule has 100 valence electrons. The number of hydrogen-bond acceptors (Lipinski definition) is 3. The van der Waals surface area contributed by atoms with Crippen molar-refractivity contribution in [2.75, 3.05) is 0 Å². The highest BCUT2D eigenvalue weighted by molar-refractivity contribution is 5.91. The summed E-state index contributed by atoms with van der Waals surface area (Å²) in [7, 11) is 0. The molecule has 0 aliphatic rings. The first-order chi connectivity index (χ1) is 9.74. The van der Waals surface area contributed by atoms with E-state index in [-0.39, 0.29) is 5.56 Å². The minimum Gasteiger partial charge on any atom is -0.478 e. The largest absolute Gasteiger partial charge is 0.478 e. The first kappa shape index (κ1) is 12.2. The molecule has 6 heteroatoms. The molecule has 0 saturated heterocycles. The van der Waals surface area contributed by atoms with Gasteiger partial charge in [-0.15, -0.1) is 0 Å². The maximum absolute atomic E-state index is 11.2. The third-order valence-electron chi connectivity index (χ3n) is 2.93. The maximum atomic E-state index is 11.2. The van der Waals surface area contributed by atoms with E-state index in [1.54, 1.807) is 46.0 Å². The second-order valence-corrected chi connectivity index (χ2v) is 4.30. The Bertz CT molecular complexity index is 731. The molecule has 3 aromatic rings. The lowest BCUT2D eigenvalue weighted by atomic mass is 10.2. The monoisotopic (exact) mass is 268 g/mol. The summed E-state index contributed by atoms with van der Waals surface area (Å²) in [6, 6.07) is 8.67. The number of carbonyl (C=O) groups is 1. The predicted molar refractivity (Wildman–Crippen MR) is 71.9 cm³/mol. The van der Waals surface area contributed by atoms with Gasteiger partial charge in [0.25, 0.3) is 0 Å². The SMILES string of the molecule is O=C(O)c1ccccc1-n1cnc(Cn2cccn2)c1. The summed E-state index contributed by atoms with van der Waals surface area (Å²) in [4.78, 5) is 15.5. The molecule has 0 aliphatic heterocycles. The smallest absolute Gasteiger partial charge is 0.337 e. The molecule has 20 heavy (non-hydrogen) atoms. The highest BCUT2D eigenvalue weighted by Crippen LogP contribution is 2.15. The van der Waals surface area contributed by atoms with Crippen LogP contribution in [0.3, 0.4) is 0 Å². The molecule has 0 atom stereocenters. The fourth-order valence-corrected chi connectivity index (χ4v) is 2.02. The molecule has 0 fully saturated rings. The van der Waals surface area contributed by atoms with Gasteiger partial charge < -0.3 is 9.67 Å². The molecule has 0 radical (unpaired) electrons. The van der Waals surface area contributed by atoms with Gasteiger partial charge in [0.2, 0.25) is 0 Å². The van der Waals surface area contributed by atoms with Crippen molar-refractivity contribution < 1.29 is 9.90 Å². The number of hydrogen-bond donors (Lipinski definition) is 1. The second-order valence-electron chi connectivity index (χ2n) is 4.30. The summed E-state index contributed by atoms with van der Waals surface area (Å²) < 4.78 is 3.47. The summed E-state index contributed by atoms with van der Waals surface area (Å²) in [5, 5.41) is 13.3. The average molecular weight is 268 g/mol. The van der Waals surface area contributed by atoms with Crippen LogP contribution in [0.2, 0.25) is 0 Å². The first-order valence-electron chi connectivity index (χ1n) is 6.07. The van der Waals surface area contributed by atoms with E-state index in [9.17, 15) is 9.90 Å². The fourth-order valence-electron chi connectivity index (χ4n) is 2.02. The molecule has 1 aromatic carbocycles. The van der Waals surface area contributed by atoms with Crippen LogP contribution in [0.5, 0.6) is 0 Å².